The number of ether oxygens (including phenoxy) is 1. The van der Waals surface area contributed by atoms with Gasteiger partial charge in [0, 0.05) is 43.4 Å². The summed E-state index contributed by atoms with van der Waals surface area (Å²) < 4.78 is 7.19. The van der Waals surface area contributed by atoms with Crippen molar-refractivity contribution >= 4 is 28.7 Å². The van der Waals surface area contributed by atoms with Crippen LogP contribution in [-0.2, 0) is 4.74 Å². The zero-order chi connectivity index (χ0) is 24.2. The number of rotatable bonds is 7. The van der Waals surface area contributed by atoms with E-state index >= 15 is 0 Å². The summed E-state index contributed by atoms with van der Waals surface area (Å²) in [6.07, 6.45) is 11.2. The number of hydrogen-bond acceptors (Lipinski definition) is 6. The summed E-state index contributed by atoms with van der Waals surface area (Å²) in [6.45, 7) is 3.40. The number of nitrogens with zero attached hydrogens (tertiary/aromatic N) is 3. The van der Waals surface area contributed by atoms with Crippen LogP contribution in [0.15, 0.2) is 60.8 Å². The quantitative estimate of drug-likeness (QED) is 0.405. The molecule has 1 aliphatic rings. The highest BCUT2D eigenvalue weighted by Gasteiger charge is 2.19. The summed E-state index contributed by atoms with van der Waals surface area (Å²) in [5, 5.41) is 8.20. The average Bonchev–Trinajstić information content (AvgIpc) is 3.57. The minimum absolute atomic E-state index is 0.0502. The van der Waals surface area contributed by atoms with Crippen molar-refractivity contribution in [3.63, 3.8) is 0 Å². The van der Waals surface area contributed by atoms with Gasteiger partial charge < -0.3 is 19.8 Å². The van der Waals surface area contributed by atoms with E-state index in [0.29, 0.717) is 30.1 Å². The molecule has 2 N–H and O–H groups in total. The Balaban J connectivity index is 1.29. The van der Waals surface area contributed by atoms with E-state index in [0.717, 1.165) is 35.0 Å². The number of carbonyl (C=O) groups excluding carboxylic acids is 2. The fourth-order valence-corrected chi connectivity index (χ4v) is 5.05. The summed E-state index contributed by atoms with van der Waals surface area (Å²) in [5.41, 5.74) is 4.27. The summed E-state index contributed by atoms with van der Waals surface area (Å²) in [4.78, 5) is 34.8. The number of thiophene rings is 1. The fraction of sp³-hybridized carbons (Fsp3) is 0.308. The molecule has 8 nitrogen and oxygen atoms in total. The van der Waals surface area contributed by atoms with Gasteiger partial charge in [-0.2, -0.15) is 0 Å². The number of fused-ring (bicyclic) bond motifs is 1. The molecule has 1 unspecified atom stereocenters. The third kappa shape index (κ3) is 5.26. The lowest BCUT2D eigenvalue weighted by Gasteiger charge is -2.22. The van der Waals surface area contributed by atoms with Crippen LogP contribution in [0.25, 0.3) is 16.6 Å². The molecule has 0 bridgehead atoms. The normalized spacial score (nSPS) is 15.1. The van der Waals surface area contributed by atoms with Crippen LogP contribution < -0.4 is 10.6 Å². The van der Waals surface area contributed by atoms with Crippen molar-refractivity contribution in [1.29, 1.82) is 0 Å². The maximum atomic E-state index is 12.9. The lowest BCUT2D eigenvalue weighted by molar-refractivity contribution is 0.0698. The molecule has 4 aromatic heterocycles. The highest BCUT2D eigenvalue weighted by atomic mass is 32.1. The van der Waals surface area contributed by atoms with Gasteiger partial charge in [0.1, 0.15) is 0 Å². The van der Waals surface area contributed by atoms with E-state index in [2.05, 4.69) is 20.6 Å². The second kappa shape index (κ2) is 10.4. The molecule has 1 fully saturated rings. The Hall–Kier alpha value is -3.56. The lowest BCUT2D eigenvalue weighted by atomic mass is 10.0. The highest BCUT2D eigenvalue weighted by Crippen LogP contribution is 2.28. The zero-order valence-corrected chi connectivity index (χ0v) is 20.3. The van der Waals surface area contributed by atoms with Gasteiger partial charge in [-0.25, -0.2) is 4.98 Å². The van der Waals surface area contributed by atoms with Crippen molar-refractivity contribution in [2.75, 3.05) is 13.2 Å². The molecule has 1 atom stereocenters. The van der Waals surface area contributed by atoms with Crippen LogP contribution in [-0.4, -0.2) is 45.4 Å². The predicted molar refractivity (Wildman–Crippen MR) is 135 cm³/mol. The standard InChI is InChI=1S/C26H27N5O3S/c1-2-23(30-25(32)17-3-4-22-13-28-16-31(22)14-17)19-9-18(11-27-12-19)20-10-24(35-15-20)26(33)29-21-5-7-34-8-6-21/h3-4,9-16,21,23H,2,5-8H2,1H3,(H,29,33)(H,30,32). The van der Waals surface area contributed by atoms with Gasteiger partial charge in [-0.15, -0.1) is 11.3 Å². The first-order valence-electron chi connectivity index (χ1n) is 11.8. The predicted octanol–water partition coefficient (Wildman–Crippen LogP) is 4.25. The Kier molecular flexibility index (Phi) is 6.87. The number of amides is 2. The number of imidazole rings is 1. The van der Waals surface area contributed by atoms with Crippen LogP contribution in [0.3, 0.4) is 0 Å². The Labute approximate surface area is 207 Å². The second-order valence-electron chi connectivity index (χ2n) is 8.64. The van der Waals surface area contributed by atoms with Gasteiger partial charge >= 0.3 is 0 Å². The van der Waals surface area contributed by atoms with Gasteiger partial charge in [0.2, 0.25) is 0 Å². The van der Waals surface area contributed by atoms with Crippen molar-refractivity contribution in [2.24, 2.45) is 0 Å². The van der Waals surface area contributed by atoms with Crippen molar-refractivity contribution < 1.29 is 14.3 Å². The Morgan fingerprint density at radius 2 is 1.97 bits per heavy atom. The fourth-order valence-electron chi connectivity index (χ4n) is 4.23. The minimum Gasteiger partial charge on any atom is -0.381 e. The largest absolute Gasteiger partial charge is 0.381 e. The molecule has 2 amide bonds. The first kappa shape index (κ1) is 23.2. The molecule has 0 aromatic carbocycles. The number of pyridine rings is 2. The van der Waals surface area contributed by atoms with E-state index in [9.17, 15) is 9.59 Å². The van der Waals surface area contributed by atoms with Gasteiger partial charge in [-0.1, -0.05) is 6.92 Å². The summed E-state index contributed by atoms with van der Waals surface area (Å²) in [5.74, 6) is -0.203. The topological polar surface area (TPSA) is 97.6 Å². The number of aromatic nitrogens is 3. The smallest absolute Gasteiger partial charge is 0.261 e. The molecule has 0 spiro atoms. The molecule has 1 aliphatic heterocycles. The Morgan fingerprint density at radius 1 is 1.11 bits per heavy atom. The maximum Gasteiger partial charge on any atom is 0.261 e. The molecule has 4 aromatic rings. The van der Waals surface area contributed by atoms with Crippen LogP contribution in [0.1, 0.15) is 57.8 Å². The number of hydrogen-bond donors (Lipinski definition) is 2. The molecule has 0 aliphatic carbocycles. The average molecular weight is 490 g/mol. The molecule has 0 radical (unpaired) electrons. The summed E-state index contributed by atoms with van der Waals surface area (Å²) in [7, 11) is 0. The first-order valence-corrected chi connectivity index (χ1v) is 12.6. The van der Waals surface area contributed by atoms with Crippen LogP contribution in [0.4, 0.5) is 0 Å². The van der Waals surface area contributed by atoms with Crippen LogP contribution in [0.2, 0.25) is 0 Å². The summed E-state index contributed by atoms with van der Waals surface area (Å²) >= 11 is 1.42. The van der Waals surface area contributed by atoms with Gasteiger partial charge in [0.15, 0.2) is 0 Å². The molecule has 0 saturated carbocycles. The molecule has 35 heavy (non-hydrogen) atoms. The SMILES string of the molecule is CCC(NC(=O)c1ccc2cncn2c1)c1cncc(-c2csc(C(=O)NC3CCOCC3)c2)c1. The number of nitrogens with one attached hydrogen (secondary N) is 2. The highest BCUT2D eigenvalue weighted by molar-refractivity contribution is 7.12. The second-order valence-corrected chi connectivity index (χ2v) is 9.56. The van der Waals surface area contributed by atoms with E-state index in [1.165, 1.54) is 11.3 Å². The molecular formula is C26H27N5O3S. The minimum atomic E-state index is -0.191. The van der Waals surface area contributed by atoms with Gasteiger partial charge in [-0.3, -0.25) is 14.6 Å². The van der Waals surface area contributed by atoms with Gasteiger partial charge in [0.25, 0.3) is 11.8 Å². The molecule has 9 heteroatoms. The van der Waals surface area contributed by atoms with Crippen LogP contribution in [0, 0.1) is 0 Å². The van der Waals surface area contributed by atoms with Crippen molar-refractivity contribution in [3.8, 4) is 11.1 Å². The van der Waals surface area contributed by atoms with E-state index in [4.69, 9.17) is 4.74 Å². The Morgan fingerprint density at radius 3 is 2.80 bits per heavy atom. The van der Waals surface area contributed by atoms with Crippen molar-refractivity contribution in [2.45, 2.75) is 38.3 Å². The third-order valence-electron chi connectivity index (χ3n) is 6.26. The third-order valence-corrected chi connectivity index (χ3v) is 7.19. The maximum absolute atomic E-state index is 12.9. The molecular weight excluding hydrogens is 462 g/mol. The van der Waals surface area contributed by atoms with Crippen molar-refractivity contribution in [3.05, 3.63) is 76.8 Å². The molecule has 180 valence electrons. The van der Waals surface area contributed by atoms with E-state index in [-0.39, 0.29) is 23.9 Å². The summed E-state index contributed by atoms with van der Waals surface area (Å²) in [6, 6.07) is 7.57. The zero-order valence-electron chi connectivity index (χ0n) is 19.4. The monoisotopic (exact) mass is 489 g/mol. The van der Waals surface area contributed by atoms with E-state index < -0.39 is 0 Å². The first-order chi connectivity index (χ1) is 17.1. The van der Waals surface area contributed by atoms with Crippen LogP contribution in [0.5, 0.6) is 0 Å². The lowest BCUT2D eigenvalue weighted by Crippen LogP contribution is -2.38. The Bertz CT molecular complexity index is 1340. The van der Waals surface area contributed by atoms with Gasteiger partial charge in [-0.05, 0) is 60.0 Å². The van der Waals surface area contributed by atoms with Crippen LogP contribution >= 0.6 is 11.3 Å². The van der Waals surface area contributed by atoms with E-state index in [1.54, 1.807) is 37.2 Å². The molecule has 5 heterocycles. The molecule has 5 rings (SSSR count). The van der Waals surface area contributed by atoms with Gasteiger partial charge in [0.05, 0.1) is 34.5 Å². The van der Waals surface area contributed by atoms with E-state index in [1.807, 2.05) is 34.9 Å². The van der Waals surface area contributed by atoms with Crippen molar-refractivity contribution in [1.82, 2.24) is 25.0 Å². The molecule has 1 saturated heterocycles. The number of carbonyl (C=O) groups is 2.